The summed E-state index contributed by atoms with van der Waals surface area (Å²) < 4.78 is 0. The van der Waals surface area contributed by atoms with Gasteiger partial charge >= 0.3 is 0 Å². The largest absolute Gasteiger partial charge is 0.165 e. The van der Waals surface area contributed by atoms with Gasteiger partial charge in [-0.1, -0.05) is 24.2 Å². The molecule has 1 aliphatic carbocycles. The van der Waals surface area contributed by atoms with Crippen molar-refractivity contribution < 1.29 is 0 Å². The van der Waals surface area contributed by atoms with Crippen molar-refractivity contribution in [2.24, 2.45) is 0 Å². The normalized spacial score (nSPS) is 16.8. The molecule has 0 unspecified atom stereocenters. The molecular weight excluding hydrogens is 140 g/mol. The van der Waals surface area contributed by atoms with Gasteiger partial charge in [-0.15, -0.1) is 0 Å². The monoisotopic (exact) mass is 143 g/mol. The first-order chi connectivity index (χ1) is 3.80. The smallest absolute Gasteiger partial charge is 0.0709 e. The van der Waals surface area contributed by atoms with Gasteiger partial charge in [0.1, 0.15) is 17.1 Å². The molecule has 0 N–H and O–H groups in total. The highest BCUT2D eigenvalue weighted by Gasteiger charge is 2.04. The molecular formula is C6H4ClS+. The highest BCUT2D eigenvalue weighted by Crippen LogP contribution is 2.18. The summed E-state index contributed by atoms with van der Waals surface area (Å²) >= 11 is 9.65. The molecule has 0 saturated carbocycles. The molecule has 1 rings (SSSR count). The maximum absolute atomic E-state index is 5.61. The zero-order chi connectivity index (χ0) is 5.98. The molecule has 0 nitrogen and oxygen atoms in total. The van der Waals surface area contributed by atoms with Crippen molar-refractivity contribution in [1.82, 2.24) is 0 Å². The molecule has 0 bridgehead atoms. The topological polar surface area (TPSA) is 0 Å². The van der Waals surface area contributed by atoms with Crippen molar-refractivity contribution in [3.63, 3.8) is 0 Å². The zero-order valence-electron chi connectivity index (χ0n) is 4.06. The van der Waals surface area contributed by atoms with Crippen LogP contribution in [0.15, 0.2) is 28.2 Å². The summed E-state index contributed by atoms with van der Waals surface area (Å²) in [6.45, 7) is 0. The van der Waals surface area contributed by atoms with Gasteiger partial charge in [-0.25, -0.2) is 0 Å². The van der Waals surface area contributed by atoms with Gasteiger partial charge < -0.3 is 0 Å². The summed E-state index contributed by atoms with van der Waals surface area (Å²) in [5.74, 6) is 0. The number of thiol groups is 1. The lowest BCUT2D eigenvalue weighted by Crippen LogP contribution is -1.73. The summed E-state index contributed by atoms with van der Waals surface area (Å²) in [4.78, 5) is 0.772. The lowest BCUT2D eigenvalue weighted by Gasteiger charge is -1.84. The Morgan fingerprint density at radius 3 is 2.75 bits per heavy atom. The Kier molecular flexibility index (Phi) is 1.74. The minimum absolute atomic E-state index is 0.673. The number of allylic oxidation sites excluding steroid dienone is 5. The zero-order valence-corrected chi connectivity index (χ0v) is 5.71. The Morgan fingerprint density at radius 2 is 2.38 bits per heavy atom. The molecule has 0 amide bonds. The molecule has 0 atom stereocenters. The van der Waals surface area contributed by atoms with E-state index in [9.17, 15) is 0 Å². The van der Waals surface area contributed by atoms with E-state index >= 15 is 0 Å². The van der Waals surface area contributed by atoms with Crippen LogP contribution in [0.2, 0.25) is 0 Å². The Labute approximate surface area is 58.9 Å². The predicted molar refractivity (Wildman–Crippen MR) is 38.8 cm³/mol. The molecule has 0 fully saturated rings. The van der Waals surface area contributed by atoms with Gasteiger partial charge in [-0.2, -0.15) is 0 Å². The fourth-order valence-corrected chi connectivity index (χ4v) is 0.669. The summed E-state index contributed by atoms with van der Waals surface area (Å²) in [6, 6.07) is 0. The SMILES string of the molecule is SC1=C(Cl)C=C[C+]=C1. The molecule has 0 spiro atoms. The van der Waals surface area contributed by atoms with Crippen LogP contribution in [0.25, 0.3) is 0 Å². The second-order valence-electron chi connectivity index (χ2n) is 1.38. The second-order valence-corrected chi connectivity index (χ2v) is 2.27. The molecule has 8 heavy (non-hydrogen) atoms. The van der Waals surface area contributed by atoms with Gasteiger partial charge in [0.05, 0.1) is 6.08 Å². The molecule has 1 aliphatic rings. The van der Waals surface area contributed by atoms with E-state index in [0.29, 0.717) is 5.03 Å². The number of halogens is 1. The summed E-state index contributed by atoms with van der Waals surface area (Å²) in [6.07, 6.45) is 8.07. The van der Waals surface area contributed by atoms with Crippen LogP contribution in [0.4, 0.5) is 0 Å². The van der Waals surface area contributed by atoms with Crippen molar-refractivity contribution in [3.8, 4) is 0 Å². The third kappa shape index (κ3) is 1.13. The van der Waals surface area contributed by atoms with Crippen LogP contribution < -0.4 is 0 Å². The van der Waals surface area contributed by atoms with E-state index in [2.05, 4.69) is 18.7 Å². The van der Waals surface area contributed by atoms with Crippen molar-refractivity contribution >= 4 is 24.2 Å². The van der Waals surface area contributed by atoms with Crippen LogP contribution in [0.3, 0.4) is 0 Å². The van der Waals surface area contributed by atoms with Crippen LogP contribution in [0.5, 0.6) is 0 Å². The Bertz CT molecular complexity index is 157. The molecule has 0 aliphatic heterocycles. The van der Waals surface area contributed by atoms with Crippen LogP contribution in [0.1, 0.15) is 0 Å². The molecule has 0 aromatic carbocycles. The first-order valence-electron chi connectivity index (χ1n) is 2.15. The maximum atomic E-state index is 5.61. The summed E-state index contributed by atoms with van der Waals surface area (Å²) in [7, 11) is 0. The molecule has 2 heteroatoms. The maximum Gasteiger partial charge on any atom is 0.165 e. The van der Waals surface area contributed by atoms with Crippen LogP contribution in [0, 0.1) is 6.08 Å². The first kappa shape index (κ1) is 5.90. The van der Waals surface area contributed by atoms with Crippen LogP contribution in [-0.2, 0) is 0 Å². The van der Waals surface area contributed by atoms with E-state index in [1.54, 1.807) is 18.2 Å². The third-order valence-corrected chi connectivity index (χ3v) is 1.62. The quantitative estimate of drug-likeness (QED) is 0.391. The standard InChI is InChI=1S/C6H3ClS/c7-5-3-1-2-4-6(5)8/h1,3-4H/p+1. The minimum Gasteiger partial charge on any atom is -0.0709 e. The third-order valence-electron chi connectivity index (χ3n) is 0.791. The van der Waals surface area contributed by atoms with Gasteiger partial charge in [-0.3, -0.25) is 0 Å². The van der Waals surface area contributed by atoms with Gasteiger partial charge in [0.15, 0.2) is 5.03 Å². The molecule has 0 aromatic heterocycles. The van der Waals surface area contributed by atoms with Crippen molar-refractivity contribution in [1.29, 1.82) is 0 Å². The van der Waals surface area contributed by atoms with Crippen molar-refractivity contribution in [2.75, 3.05) is 0 Å². The average Bonchev–Trinajstić information content (AvgIpc) is 1.77. The number of hydrogen-bond acceptors (Lipinski definition) is 1. The van der Waals surface area contributed by atoms with Gasteiger partial charge in [0, 0.05) is 6.08 Å². The Morgan fingerprint density at radius 1 is 1.62 bits per heavy atom. The molecule has 0 saturated heterocycles. The molecule has 0 radical (unpaired) electrons. The first-order valence-corrected chi connectivity index (χ1v) is 2.98. The fraction of sp³-hybridized carbons (Fsp3) is 0. The lowest BCUT2D eigenvalue weighted by atomic mass is 10.3. The van der Waals surface area contributed by atoms with Gasteiger partial charge in [0.2, 0.25) is 0 Å². The molecule has 40 valence electrons. The van der Waals surface area contributed by atoms with E-state index in [4.69, 9.17) is 11.6 Å². The number of rotatable bonds is 0. The van der Waals surface area contributed by atoms with E-state index in [1.165, 1.54) is 0 Å². The van der Waals surface area contributed by atoms with E-state index in [-0.39, 0.29) is 0 Å². The highest BCUT2D eigenvalue weighted by molar-refractivity contribution is 7.84. The average molecular weight is 144 g/mol. The van der Waals surface area contributed by atoms with Crippen LogP contribution in [-0.4, -0.2) is 0 Å². The van der Waals surface area contributed by atoms with E-state index < -0.39 is 0 Å². The van der Waals surface area contributed by atoms with Crippen LogP contribution >= 0.6 is 24.2 Å². The fourth-order valence-electron chi connectivity index (χ4n) is 0.403. The van der Waals surface area contributed by atoms with E-state index in [0.717, 1.165) is 4.91 Å². The van der Waals surface area contributed by atoms with Crippen molar-refractivity contribution in [2.45, 2.75) is 0 Å². The summed E-state index contributed by atoms with van der Waals surface area (Å²) in [5.41, 5.74) is 0. The molecule has 0 heterocycles. The van der Waals surface area contributed by atoms with E-state index in [1.807, 2.05) is 0 Å². The predicted octanol–water partition coefficient (Wildman–Crippen LogP) is 2.30. The van der Waals surface area contributed by atoms with Crippen molar-refractivity contribution in [3.05, 3.63) is 34.2 Å². The number of hydrogen-bond donors (Lipinski definition) is 1. The van der Waals surface area contributed by atoms with Gasteiger partial charge in [-0.05, 0) is 0 Å². The van der Waals surface area contributed by atoms with Gasteiger partial charge in [0.25, 0.3) is 0 Å². The Balaban J connectivity index is 2.97. The molecule has 0 aromatic rings. The Hall–Kier alpha value is -0.230. The minimum atomic E-state index is 0.673. The summed E-state index contributed by atoms with van der Waals surface area (Å²) in [5, 5.41) is 0.673. The highest BCUT2D eigenvalue weighted by atomic mass is 35.5. The second kappa shape index (κ2) is 2.36. The lowest BCUT2D eigenvalue weighted by molar-refractivity contribution is 1.69.